The van der Waals surface area contributed by atoms with Gasteiger partial charge in [-0.1, -0.05) is 12.1 Å². The van der Waals surface area contributed by atoms with Crippen molar-refractivity contribution in [2.75, 3.05) is 20.8 Å². The number of carbonyl (C=O) groups is 2. The number of carbonyl (C=O) groups excluding carboxylic acids is 2. The largest absolute Gasteiger partial charge is 0.497 e. The van der Waals surface area contributed by atoms with Crippen molar-refractivity contribution >= 4 is 11.8 Å². The van der Waals surface area contributed by atoms with Gasteiger partial charge in [0.15, 0.2) is 6.61 Å². The average Bonchev–Trinajstić information content (AvgIpc) is 2.99. The molecule has 1 aromatic carbocycles. The third-order valence-corrected chi connectivity index (χ3v) is 3.52. The van der Waals surface area contributed by atoms with Crippen molar-refractivity contribution in [1.29, 1.82) is 0 Å². The van der Waals surface area contributed by atoms with Gasteiger partial charge in [0.2, 0.25) is 5.78 Å². The van der Waals surface area contributed by atoms with Gasteiger partial charge < -0.3 is 18.7 Å². The molecular formula is C17H19NO6. The van der Waals surface area contributed by atoms with Gasteiger partial charge in [0.1, 0.15) is 22.8 Å². The average molecular weight is 333 g/mol. The number of benzene rings is 1. The van der Waals surface area contributed by atoms with E-state index in [4.69, 9.17) is 18.7 Å². The smallest absolute Gasteiger partial charge is 0.344 e. The molecule has 0 bridgehead atoms. The lowest BCUT2D eigenvalue weighted by atomic mass is 10.1. The second-order valence-electron chi connectivity index (χ2n) is 4.98. The summed E-state index contributed by atoms with van der Waals surface area (Å²) in [6.45, 7) is 3.06. The Kier molecular flexibility index (Phi) is 5.57. The molecule has 0 amide bonds. The minimum absolute atomic E-state index is 0.270. The van der Waals surface area contributed by atoms with Crippen LogP contribution in [0.2, 0.25) is 0 Å². The molecule has 1 heterocycles. The molecule has 0 N–H and O–H groups in total. The Bertz CT molecular complexity index is 750. The third kappa shape index (κ3) is 3.56. The zero-order valence-corrected chi connectivity index (χ0v) is 14.0. The van der Waals surface area contributed by atoms with Gasteiger partial charge in [0.05, 0.1) is 25.5 Å². The first kappa shape index (κ1) is 17.5. The van der Waals surface area contributed by atoms with Crippen LogP contribution in [0, 0.1) is 6.92 Å². The van der Waals surface area contributed by atoms with Gasteiger partial charge in [0.25, 0.3) is 0 Å². The number of ketones is 1. The highest BCUT2D eigenvalue weighted by molar-refractivity contribution is 6.01. The highest BCUT2D eigenvalue weighted by atomic mass is 16.5. The monoisotopic (exact) mass is 333 g/mol. The molecule has 0 saturated carbocycles. The van der Waals surface area contributed by atoms with Crippen LogP contribution in [-0.4, -0.2) is 37.7 Å². The van der Waals surface area contributed by atoms with E-state index in [2.05, 4.69) is 5.16 Å². The molecule has 7 heteroatoms. The first-order valence-corrected chi connectivity index (χ1v) is 7.39. The molecule has 1 aromatic heterocycles. The Morgan fingerprint density at radius 2 is 1.96 bits per heavy atom. The summed E-state index contributed by atoms with van der Waals surface area (Å²) in [5.41, 5.74) is 1.09. The number of aromatic nitrogens is 1. The van der Waals surface area contributed by atoms with Crippen LogP contribution >= 0.6 is 0 Å². The molecule has 0 atom stereocenters. The summed E-state index contributed by atoms with van der Waals surface area (Å²) in [5, 5.41) is 3.79. The van der Waals surface area contributed by atoms with E-state index in [-0.39, 0.29) is 11.3 Å². The fourth-order valence-electron chi connectivity index (χ4n) is 2.23. The number of Topliss-reactive ketones (excluding diaryl/α,β-unsaturated/α-hetero) is 1. The zero-order valence-electron chi connectivity index (χ0n) is 14.0. The van der Waals surface area contributed by atoms with Crippen LogP contribution in [0.1, 0.15) is 39.1 Å². The molecule has 0 radical (unpaired) electrons. The van der Waals surface area contributed by atoms with Crippen molar-refractivity contribution in [3.8, 4) is 11.5 Å². The molecule has 0 aliphatic heterocycles. The number of aryl methyl sites for hydroxylation is 2. The van der Waals surface area contributed by atoms with Crippen LogP contribution in [0.4, 0.5) is 0 Å². The maximum absolute atomic E-state index is 12.3. The summed E-state index contributed by atoms with van der Waals surface area (Å²) >= 11 is 0. The maximum Gasteiger partial charge on any atom is 0.344 e. The van der Waals surface area contributed by atoms with Crippen molar-refractivity contribution < 1.29 is 28.3 Å². The number of ether oxygens (including phenoxy) is 3. The Morgan fingerprint density at radius 1 is 1.21 bits per heavy atom. The summed E-state index contributed by atoms with van der Waals surface area (Å²) < 4.78 is 20.4. The normalized spacial score (nSPS) is 10.3. The molecule has 7 nitrogen and oxygen atoms in total. The molecule has 0 unspecified atom stereocenters. The van der Waals surface area contributed by atoms with Crippen LogP contribution in [-0.2, 0) is 11.2 Å². The van der Waals surface area contributed by atoms with Gasteiger partial charge in [0, 0.05) is 6.07 Å². The number of hydrogen-bond acceptors (Lipinski definition) is 7. The predicted octanol–water partition coefficient (Wildman–Crippen LogP) is 2.60. The number of nitrogens with zero attached hydrogens (tertiary/aromatic N) is 1. The van der Waals surface area contributed by atoms with Gasteiger partial charge in [-0.05, 0) is 25.5 Å². The Balaban J connectivity index is 2.10. The number of rotatable bonds is 7. The second-order valence-corrected chi connectivity index (χ2v) is 4.98. The summed E-state index contributed by atoms with van der Waals surface area (Å²) in [5.74, 6) is 0.270. The van der Waals surface area contributed by atoms with E-state index >= 15 is 0 Å². The van der Waals surface area contributed by atoms with Gasteiger partial charge in [-0.25, -0.2) is 4.79 Å². The van der Waals surface area contributed by atoms with Crippen LogP contribution in [0.3, 0.4) is 0 Å². The van der Waals surface area contributed by atoms with Gasteiger partial charge in [-0.2, -0.15) is 0 Å². The van der Waals surface area contributed by atoms with E-state index in [1.165, 1.54) is 14.2 Å². The van der Waals surface area contributed by atoms with Crippen molar-refractivity contribution in [2.45, 2.75) is 20.3 Å². The number of hydrogen-bond donors (Lipinski definition) is 0. The Morgan fingerprint density at radius 3 is 2.58 bits per heavy atom. The molecule has 2 rings (SSSR count). The van der Waals surface area contributed by atoms with E-state index in [0.717, 1.165) is 0 Å². The van der Waals surface area contributed by atoms with Gasteiger partial charge in [-0.3, -0.25) is 4.79 Å². The second kappa shape index (κ2) is 7.63. The van der Waals surface area contributed by atoms with Crippen LogP contribution < -0.4 is 9.47 Å². The van der Waals surface area contributed by atoms with Crippen LogP contribution in [0.5, 0.6) is 11.5 Å². The minimum atomic E-state index is -0.633. The van der Waals surface area contributed by atoms with Crippen molar-refractivity contribution in [2.24, 2.45) is 0 Å². The van der Waals surface area contributed by atoms with Crippen molar-refractivity contribution in [1.82, 2.24) is 5.16 Å². The first-order valence-electron chi connectivity index (χ1n) is 7.39. The van der Waals surface area contributed by atoms with E-state index in [1.807, 2.05) is 6.92 Å². The third-order valence-electron chi connectivity index (χ3n) is 3.52. The molecular weight excluding hydrogens is 314 g/mol. The summed E-state index contributed by atoms with van der Waals surface area (Å²) in [7, 11) is 2.97. The first-order chi connectivity index (χ1) is 11.5. The molecule has 0 fully saturated rings. The number of methoxy groups -OCH3 is 2. The Hall–Kier alpha value is -2.83. The predicted molar refractivity (Wildman–Crippen MR) is 84.8 cm³/mol. The SMILES string of the molecule is CCc1noc(C)c1C(=O)OCC(=O)c1ccc(OC)cc1OC. The minimum Gasteiger partial charge on any atom is -0.497 e. The fraction of sp³-hybridized carbons (Fsp3) is 0.353. The highest BCUT2D eigenvalue weighted by Crippen LogP contribution is 2.25. The topological polar surface area (TPSA) is 87.9 Å². The van der Waals surface area contributed by atoms with E-state index in [1.54, 1.807) is 25.1 Å². The van der Waals surface area contributed by atoms with E-state index in [0.29, 0.717) is 34.9 Å². The summed E-state index contributed by atoms with van der Waals surface area (Å²) in [6.07, 6.45) is 0.530. The Labute approximate surface area is 139 Å². The summed E-state index contributed by atoms with van der Waals surface area (Å²) in [6, 6.07) is 4.79. The van der Waals surface area contributed by atoms with Crippen LogP contribution in [0.15, 0.2) is 22.7 Å². The lowest BCUT2D eigenvalue weighted by Gasteiger charge is -2.10. The van der Waals surface area contributed by atoms with Gasteiger partial charge in [-0.15, -0.1) is 0 Å². The summed E-state index contributed by atoms with van der Waals surface area (Å²) in [4.78, 5) is 24.5. The van der Waals surface area contributed by atoms with Crippen molar-refractivity contribution in [3.05, 3.63) is 40.8 Å². The molecule has 128 valence electrons. The standard InChI is InChI=1S/C17H19NO6/c1-5-13-16(10(2)24-18-13)17(20)23-9-14(19)12-7-6-11(21-3)8-15(12)22-4/h6-8H,5,9H2,1-4H3. The zero-order chi connectivity index (χ0) is 17.7. The molecule has 0 aliphatic carbocycles. The van der Waals surface area contributed by atoms with Gasteiger partial charge >= 0.3 is 5.97 Å². The molecule has 0 spiro atoms. The van der Waals surface area contributed by atoms with Crippen molar-refractivity contribution in [3.63, 3.8) is 0 Å². The number of esters is 1. The quantitative estimate of drug-likeness (QED) is 0.568. The van der Waals surface area contributed by atoms with Crippen LogP contribution in [0.25, 0.3) is 0 Å². The molecule has 0 aliphatic rings. The molecule has 24 heavy (non-hydrogen) atoms. The van der Waals surface area contributed by atoms with E-state index < -0.39 is 12.6 Å². The lowest BCUT2D eigenvalue weighted by Crippen LogP contribution is -2.16. The molecule has 0 saturated heterocycles. The lowest BCUT2D eigenvalue weighted by molar-refractivity contribution is 0.0471. The molecule has 2 aromatic rings. The highest BCUT2D eigenvalue weighted by Gasteiger charge is 2.22. The van der Waals surface area contributed by atoms with E-state index in [9.17, 15) is 9.59 Å². The fourth-order valence-corrected chi connectivity index (χ4v) is 2.23. The maximum atomic E-state index is 12.3.